The summed E-state index contributed by atoms with van der Waals surface area (Å²) in [4.78, 5) is 15.8. The van der Waals surface area contributed by atoms with Crippen molar-refractivity contribution in [3.63, 3.8) is 0 Å². The van der Waals surface area contributed by atoms with Crippen molar-refractivity contribution in [2.24, 2.45) is 5.73 Å². The number of anilines is 1. The molecule has 112 valence electrons. The van der Waals surface area contributed by atoms with Gasteiger partial charge in [-0.05, 0) is 24.6 Å². The van der Waals surface area contributed by atoms with Crippen LogP contribution in [0.2, 0.25) is 0 Å². The predicted octanol–water partition coefficient (Wildman–Crippen LogP) is 2.42. The zero-order valence-electron chi connectivity index (χ0n) is 12.1. The highest BCUT2D eigenvalue weighted by Crippen LogP contribution is 2.30. The minimum absolute atomic E-state index is 0.220. The van der Waals surface area contributed by atoms with Crippen molar-refractivity contribution < 1.29 is 13.9 Å². The van der Waals surface area contributed by atoms with Gasteiger partial charge in [-0.15, -0.1) is 0 Å². The quantitative estimate of drug-likeness (QED) is 0.852. The Kier molecular flexibility index (Phi) is 4.94. The van der Waals surface area contributed by atoms with E-state index in [1.807, 2.05) is 13.0 Å². The molecule has 0 aliphatic heterocycles. The smallest absolute Gasteiger partial charge is 0.241 e. The molecule has 0 saturated carbocycles. The van der Waals surface area contributed by atoms with Gasteiger partial charge in [0.25, 0.3) is 0 Å². The van der Waals surface area contributed by atoms with Crippen molar-refractivity contribution >= 4 is 11.6 Å². The topological polar surface area (TPSA) is 90.4 Å². The van der Waals surface area contributed by atoms with Crippen molar-refractivity contribution in [3.05, 3.63) is 30.8 Å². The lowest BCUT2D eigenvalue weighted by Gasteiger charge is -2.14. The Balaban J connectivity index is 2.19. The normalized spacial score (nSPS) is 12.0. The molecule has 1 atom stereocenters. The molecule has 0 aliphatic rings. The summed E-state index contributed by atoms with van der Waals surface area (Å²) in [6.45, 7) is 1.99. The minimum atomic E-state index is -0.520. The first kappa shape index (κ1) is 15.1. The highest BCUT2D eigenvalue weighted by atomic mass is 16.5. The third-order valence-corrected chi connectivity index (χ3v) is 3.11. The third kappa shape index (κ3) is 3.61. The molecule has 0 bridgehead atoms. The number of carbonyl (C=O) groups excluding carboxylic acids is 1. The molecule has 2 aromatic rings. The molecule has 0 spiro atoms. The molecular formula is C15H19N3O3. The number of nitrogens with one attached hydrogen (secondary N) is 1. The average molecular weight is 289 g/mol. The number of benzene rings is 1. The van der Waals surface area contributed by atoms with E-state index in [1.165, 1.54) is 6.39 Å². The first-order valence-electron chi connectivity index (χ1n) is 6.79. The molecule has 1 unspecified atom stereocenters. The molecular weight excluding hydrogens is 270 g/mol. The van der Waals surface area contributed by atoms with Gasteiger partial charge in [-0.2, -0.15) is 0 Å². The summed E-state index contributed by atoms with van der Waals surface area (Å²) in [6, 6.07) is 4.84. The van der Waals surface area contributed by atoms with Gasteiger partial charge in [0, 0.05) is 5.56 Å². The molecule has 3 N–H and O–H groups in total. The first-order valence-corrected chi connectivity index (χ1v) is 6.79. The molecule has 0 aliphatic carbocycles. The van der Waals surface area contributed by atoms with Crippen LogP contribution in [0.15, 0.2) is 35.2 Å². The van der Waals surface area contributed by atoms with Gasteiger partial charge < -0.3 is 20.2 Å². The van der Waals surface area contributed by atoms with E-state index in [0.717, 1.165) is 12.0 Å². The van der Waals surface area contributed by atoms with Crippen molar-refractivity contribution in [1.29, 1.82) is 0 Å². The van der Waals surface area contributed by atoms with Crippen molar-refractivity contribution in [2.75, 3.05) is 12.4 Å². The SMILES string of the molecule is CCCC(N)C(=O)Nc1ccc(-c2cnco2)cc1OC. The fraction of sp³-hybridized carbons (Fsp3) is 0.333. The molecule has 0 fully saturated rings. The van der Waals surface area contributed by atoms with Crippen LogP contribution in [-0.2, 0) is 4.79 Å². The van der Waals surface area contributed by atoms with E-state index in [4.69, 9.17) is 14.9 Å². The highest BCUT2D eigenvalue weighted by molar-refractivity contribution is 5.96. The molecule has 6 heteroatoms. The number of methoxy groups -OCH3 is 1. The van der Waals surface area contributed by atoms with Gasteiger partial charge in [-0.25, -0.2) is 4.98 Å². The Morgan fingerprint density at radius 3 is 2.95 bits per heavy atom. The largest absolute Gasteiger partial charge is 0.495 e. The van der Waals surface area contributed by atoms with Gasteiger partial charge in [0.2, 0.25) is 5.91 Å². The zero-order chi connectivity index (χ0) is 15.2. The average Bonchev–Trinajstić information content (AvgIpc) is 3.02. The number of hydrogen-bond donors (Lipinski definition) is 2. The van der Waals surface area contributed by atoms with Gasteiger partial charge in [-0.1, -0.05) is 13.3 Å². The second-order valence-electron chi connectivity index (χ2n) is 4.67. The standard InChI is InChI=1S/C15H19N3O3/c1-3-4-11(16)15(19)18-12-6-5-10(7-13(12)20-2)14-8-17-9-21-14/h5-9,11H,3-4,16H2,1-2H3,(H,18,19). The summed E-state index contributed by atoms with van der Waals surface area (Å²) in [5, 5.41) is 2.78. The fourth-order valence-electron chi connectivity index (χ4n) is 1.97. The Labute approximate surface area is 123 Å². The van der Waals surface area contributed by atoms with Gasteiger partial charge in [0.15, 0.2) is 12.2 Å². The molecule has 1 aromatic heterocycles. The van der Waals surface area contributed by atoms with Crippen molar-refractivity contribution in [2.45, 2.75) is 25.8 Å². The first-order chi connectivity index (χ1) is 10.2. The number of rotatable bonds is 6. The Hall–Kier alpha value is -2.34. The molecule has 1 amide bonds. The Bertz CT molecular complexity index is 596. The number of nitrogens with two attached hydrogens (primary N) is 1. The van der Waals surface area contributed by atoms with Crippen LogP contribution < -0.4 is 15.8 Å². The van der Waals surface area contributed by atoms with E-state index < -0.39 is 6.04 Å². The monoisotopic (exact) mass is 289 g/mol. The molecule has 2 rings (SSSR count). The van der Waals surface area contributed by atoms with Gasteiger partial charge >= 0.3 is 0 Å². The van der Waals surface area contributed by atoms with Gasteiger partial charge in [-0.3, -0.25) is 4.79 Å². The van der Waals surface area contributed by atoms with E-state index >= 15 is 0 Å². The summed E-state index contributed by atoms with van der Waals surface area (Å²) in [5.74, 6) is 0.956. The van der Waals surface area contributed by atoms with Crippen LogP contribution >= 0.6 is 0 Å². The van der Waals surface area contributed by atoms with E-state index in [-0.39, 0.29) is 5.91 Å². The van der Waals surface area contributed by atoms with Gasteiger partial charge in [0.1, 0.15) is 5.75 Å². The van der Waals surface area contributed by atoms with Crippen molar-refractivity contribution in [3.8, 4) is 17.1 Å². The number of carbonyl (C=O) groups is 1. The summed E-state index contributed by atoms with van der Waals surface area (Å²) >= 11 is 0. The molecule has 0 radical (unpaired) electrons. The number of hydrogen-bond acceptors (Lipinski definition) is 5. The number of aromatic nitrogens is 1. The maximum Gasteiger partial charge on any atom is 0.241 e. The summed E-state index contributed by atoms with van der Waals surface area (Å²) < 4.78 is 10.5. The van der Waals surface area contributed by atoms with E-state index in [0.29, 0.717) is 23.6 Å². The van der Waals surface area contributed by atoms with Crippen LogP contribution in [0.25, 0.3) is 11.3 Å². The highest BCUT2D eigenvalue weighted by Gasteiger charge is 2.15. The summed E-state index contributed by atoms with van der Waals surface area (Å²) in [6.07, 6.45) is 4.48. The van der Waals surface area contributed by atoms with Crippen LogP contribution in [0.3, 0.4) is 0 Å². The molecule has 1 heterocycles. The third-order valence-electron chi connectivity index (χ3n) is 3.11. The Morgan fingerprint density at radius 2 is 2.33 bits per heavy atom. The Morgan fingerprint density at radius 1 is 1.52 bits per heavy atom. The minimum Gasteiger partial charge on any atom is -0.495 e. The predicted molar refractivity (Wildman–Crippen MR) is 80.0 cm³/mol. The lowest BCUT2D eigenvalue weighted by Crippen LogP contribution is -2.35. The lowest BCUT2D eigenvalue weighted by atomic mass is 10.1. The number of amides is 1. The van der Waals surface area contributed by atoms with E-state index in [2.05, 4.69) is 10.3 Å². The van der Waals surface area contributed by atoms with Gasteiger partial charge in [0.05, 0.1) is 25.0 Å². The molecule has 21 heavy (non-hydrogen) atoms. The summed E-state index contributed by atoms with van der Waals surface area (Å²) in [7, 11) is 1.54. The number of ether oxygens (including phenoxy) is 1. The zero-order valence-corrected chi connectivity index (χ0v) is 12.1. The number of oxazole rings is 1. The molecule has 1 aromatic carbocycles. The van der Waals surface area contributed by atoms with Crippen molar-refractivity contribution in [1.82, 2.24) is 4.98 Å². The maximum absolute atomic E-state index is 12.0. The fourth-order valence-corrected chi connectivity index (χ4v) is 1.97. The van der Waals surface area contributed by atoms with Crippen LogP contribution in [-0.4, -0.2) is 24.0 Å². The molecule has 6 nitrogen and oxygen atoms in total. The van der Waals surface area contributed by atoms with Crippen LogP contribution in [0.1, 0.15) is 19.8 Å². The second-order valence-corrected chi connectivity index (χ2v) is 4.67. The number of nitrogens with zero attached hydrogens (tertiary/aromatic N) is 1. The summed E-state index contributed by atoms with van der Waals surface area (Å²) in [5.41, 5.74) is 7.20. The lowest BCUT2D eigenvalue weighted by molar-refractivity contribution is -0.117. The van der Waals surface area contributed by atoms with Crippen LogP contribution in [0.4, 0.5) is 5.69 Å². The maximum atomic E-state index is 12.0. The second kappa shape index (κ2) is 6.90. The van der Waals surface area contributed by atoms with E-state index in [1.54, 1.807) is 25.4 Å². The van der Waals surface area contributed by atoms with Crippen LogP contribution in [0.5, 0.6) is 5.75 Å². The van der Waals surface area contributed by atoms with Crippen LogP contribution in [0, 0.1) is 0 Å². The molecule has 0 saturated heterocycles. The van der Waals surface area contributed by atoms with E-state index in [9.17, 15) is 4.79 Å².